The molecule has 41 heavy (non-hydrogen) atoms. The number of nitrogens with two attached hydrogens (primary N) is 1. The van der Waals surface area contributed by atoms with E-state index in [1.54, 1.807) is 4.90 Å². The molecule has 1 aliphatic heterocycles. The Hall–Kier alpha value is -4.46. The Bertz CT molecular complexity index is 1680. The van der Waals surface area contributed by atoms with Gasteiger partial charge in [0.2, 0.25) is 17.2 Å². The molecule has 1 spiro atoms. The fraction of sp³-hybridized carbons (Fsp3) is 0.370. The summed E-state index contributed by atoms with van der Waals surface area (Å²) in [5.41, 5.74) is 3.34. The fourth-order valence-electron chi connectivity index (χ4n) is 6.24. The molecular formula is C27H25F3N6O5. The first-order valence-corrected chi connectivity index (χ1v) is 12.9. The van der Waals surface area contributed by atoms with E-state index in [0.29, 0.717) is 19.2 Å². The smallest absolute Gasteiger partial charge is 0.341 e. The van der Waals surface area contributed by atoms with E-state index in [9.17, 15) is 33.1 Å². The molecular weight excluding hydrogens is 545 g/mol. The summed E-state index contributed by atoms with van der Waals surface area (Å²) >= 11 is 0. The Morgan fingerprint density at radius 2 is 2.05 bits per heavy atom. The maximum atomic E-state index is 15.4. The molecule has 2 aromatic heterocycles. The molecule has 3 fully saturated rings. The zero-order chi connectivity index (χ0) is 29.4. The second kappa shape index (κ2) is 9.29. The van der Waals surface area contributed by atoms with Crippen molar-refractivity contribution in [1.82, 2.24) is 20.2 Å². The number of carboxylic acids is 1. The van der Waals surface area contributed by atoms with Crippen molar-refractivity contribution in [3.8, 4) is 0 Å². The second-order valence-electron chi connectivity index (χ2n) is 10.8. The third-order valence-corrected chi connectivity index (χ3v) is 8.38. The lowest BCUT2D eigenvalue weighted by Crippen LogP contribution is -2.45. The van der Waals surface area contributed by atoms with Crippen LogP contribution in [-0.4, -0.2) is 64.2 Å². The quantitative estimate of drug-likeness (QED) is 0.385. The van der Waals surface area contributed by atoms with Crippen LogP contribution < -0.4 is 26.7 Å². The highest BCUT2D eigenvalue weighted by molar-refractivity contribution is 5.92. The average Bonchev–Trinajstić information content (AvgIpc) is 3.72. The minimum Gasteiger partial charge on any atom is -0.477 e. The van der Waals surface area contributed by atoms with Gasteiger partial charge >= 0.3 is 5.97 Å². The van der Waals surface area contributed by atoms with Crippen molar-refractivity contribution >= 4 is 34.6 Å². The predicted octanol–water partition coefficient (Wildman–Crippen LogP) is 1.07. The SMILES string of the molecule is CC(N)C(=O)NCC(=O)NC1C2C3CN(c4nc5c(cc4F)c(=O)c(C(=O)O)cn5C4C=CC=C(F)C=C4F)CC312. The lowest BCUT2D eigenvalue weighted by Gasteiger charge is -2.22. The van der Waals surface area contributed by atoms with E-state index >= 15 is 4.39 Å². The Morgan fingerprint density at radius 1 is 1.29 bits per heavy atom. The monoisotopic (exact) mass is 570 g/mol. The van der Waals surface area contributed by atoms with Crippen LogP contribution in [0.4, 0.5) is 19.0 Å². The highest BCUT2D eigenvalue weighted by Gasteiger charge is 2.89. The summed E-state index contributed by atoms with van der Waals surface area (Å²) < 4.78 is 45.3. The number of carbonyl (C=O) groups excluding carboxylic acids is 2. The van der Waals surface area contributed by atoms with Crippen LogP contribution in [0.5, 0.6) is 0 Å². The number of carboxylic acid groups (broad SMARTS) is 1. The Morgan fingerprint density at radius 3 is 2.76 bits per heavy atom. The van der Waals surface area contributed by atoms with Crippen LogP contribution in [0.1, 0.15) is 23.3 Å². The minimum atomic E-state index is -1.59. The number of piperidine rings is 1. The molecule has 2 amide bonds. The molecule has 0 aromatic carbocycles. The molecule has 1 saturated heterocycles. The number of nitrogens with one attached hydrogen (secondary N) is 2. The third kappa shape index (κ3) is 4.20. The molecule has 11 nitrogen and oxygen atoms in total. The van der Waals surface area contributed by atoms with Crippen molar-refractivity contribution < 1.29 is 32.7 Å². The molecule has 14 heteroatoms. The van der Waals surface area contributed by atoms with Crippen LogP contribution in [0.2, 0.25) is 0 Å². The van der Waals surface area contributed by atoms with Gasteiger partial charge in [0.25, 0.3) is 0 Å². The fourth-order valence-corrected chi connectivity index (χ4v) is 6.24. The van der Waals surface area contributed by atoms with Gasteiger partial charge in [0.1, 0.15) is 28.9 Å². The standard InChI is InChI=1S/C27H25F3N6O5/c1-11(31)25(39)32-7-19(37)33-22-20-15-9-35(10-27(15,20)22)24-17(30)6-13-21(38)14(26(40)41)8-36(23(13)34-24)18-4-2-3-12(28)5-16(18)29/h2-6,8,11,15,18,20,22H,7,9-10,31H2,1H3,(H,32,39)(H,33,37)(H,40,41). The van der Waals surface area contributed by atoms with Crippen molar-refractivity contribution in [3.63, 3.8) is 0 Å². The van der Waals surface area contributed by atoms with Crippen molar-refractivity contribution in [2.24, 2.45) is 23.0 Å². The summed E-state index contributed by atoms with van der Waals surface area (Å²) in [6, 6.07) is -1.35. The van der Waals surface area contributed by atoms with E-state index in [-0.39, 0.29) is 52.6 Å². The largest absolute Gasteiger partial charge is 0.477 e. The van der Waals surface area contributed by atoms with Gasteiger partial charge in [0.05, 0.1) is 18.0 Å². The maximum Gasteiger partial charge on any atom is 0.341 e. The molecule has 6 atom stereocenters. The summed E-state index contributed by atoms with van der Waals surface area (Å²) in [6.07, 6.45) is 5.08. The van der Waals surface area contributed by atoms with Gasteiger partial charge in [-0.3, -0.25) is 14.4 Å². The van der Waals surface area contributed by atoms with Crippen LogP contribution in [0, 0.1) is 23.1 Å². The third-order valence-electron chi connectivity index (χ3n) is 8.38. The number of carbonyl (C=O) groups is 3. The van der Waals surface area contributed by atoms with E-state index < -0.39 is 52.4 Å². The van der Waals surface area contributed by atoms with Crippen LogP contribution in [-0.2, 0) is 9.59 Å². The molecule has 2 saturated carbocycles. The van der Waals surface area contributed by atoms with Crippen LogP contribution in [0.15, 0.2) is 53.0 Å². The summed E-state index contributed by atoms with van der Waals surface area (Å²) in [4.78, 5) is 54.6. The van der Waals surface area contributed by atoms with Crippen LogP contribution in [0.3, 0.4) is 0 Å². The van der Waals surface area contributed by atoms with Gasteiger partial charge in [-0.05, 0) is 30.9 Å². The molecule has 6 unspecified atom stereocenters. The number of allylic oxidation sites excluding steroid dienone is 6. The summed E-state index contributed by atoms with van der Waals surface area (Å²) in [5, 5.41) is 14.5. The number of fused-ring (bicyclic) bond motifs is 2. The van der Waals surface area contributed by atoms with Gasteiger partial charge in [0, 0.05) is 36.8 Å². The number of halogens is 3. The number of pyridine rings is 2. The topological polar surface area (TPSA) is 160 Å². The predicted molar refractivity (Wildman–Crippen MR) is 140 cm³/mol. The molecule has 0 bridgehead atoms. The highest BCUT2D eigenvalue weighted by atomic mass is 19.1. The molecule has 5 N–H and O–H groups in total. The van der Waals surface area contributed by atoms with Crippen LogP contribution in [0.25, 0.3) is 11.0 Å². The van der Waals surface area contributed by atoms with Gasteiger partial charge < -0.3 is 30.9 Å². The second-order valence-corrected chi connectivity index (χ2v) is 10.8. The van der Waals surface area contributed by atoms with E-state index in [1.807, 2.05) is 0 Å². The first kappa shape index (κ1) is 26.7. The molecule has 4 aliphatic rings. The summed E-state index contributed by atoms with van der Waals surface area (Å²) in [7, 11) is 0. The number of aromatic carboxylic acids is 1. The number of nitrogens with zero attached hydrogens (tertiary/aromatic N) is 3. The zero-order valence-corrected chi connectivity index (χ0v) is 21.6. The number of hydrogen-bond acceptors (Lipinski definition) is 7. The zero-order valence-electron chi connectivity index (χ0n) is 21.6. The van der Waals surface area contributed by atoms with Gasteiger partial charge in [-0.25, -0.2) is 22.9 Å². The molecule has 3 heterocycles. The number of rotatable bonds is 7. The van der Waals surface area contributed by atoms with E-state index in [2.05, 4.69) is 15.6 Å². The Labute approximate surface area is 230 Å². The van der Waals surface area contributed by atoms with Gasteiger partial charge in [0.15, 0.2) is 11.6 Å². The molecule has 6 rings (SSSR count). The number of amides is 2. The van der Waals surface area contributed by atoms with Crippen molar-refractivity contribution in [1.29, 1.82) is 0 Å². The van der Waals surface area contributed by atoms with E-state index in [4.69, 9.17) is 5.73 Å². The molecule has 3 aliphatic carbocycles. The van der Waals surface area contributed by atoms with Gasteiger partial charge in [-0.15, -0.1) is 0 Å². The van der Waals surface area contributed by atoms with Gasteiger partial charge in [-0.1, -0.05) is 12.2 Å². The molecule has 2 aromatic rings. The first-order valence-electron chi connectivity index (χ1n) is 12.9. The number of aromatic nitrogens is 2. The number of hydrogen-bond donors (Lipinski definition) is 4. The number of anilines is 1. The summed E-state index contributed by atoms with van der Waals surface area (Å²) in [5.74, 6) is -4.83. The van der Waals surface area contributed by atoms with Gasteiger partial charge in [-0.2, -0.15) is 0 Å². The van der Waals surface area contributed by atoms with Crippen molar-refractivity contribution in [2.75, 3.05) is 24.5 Å². The van der Waals surface area contributed by atoms with Crippen molar-refractivity contribution in [3.05, 3.63) is 69.8 Å². The highest BCUT2D eigenvalue weighted by Crippen LogP contribution is 2.82. The van der Waals surface area contributed by atoms with E-state index in [0.717, 1.165) is 22.9 Å². The van der Waals surface area contributed by atoms with E-state index in [1.165, 1.54) is 19.1 Å². The lowest BCUT2D eigenvalue weighted by atomic mass is 10.1. The Balaban J connectivity index is 1.29. The lowest BCUT2D eigenvalue weighted by molar-refractivity contribution is -0.126. The molecule has 214 valence electrons. The average molecular weight is 571 g/mol. The Kier molecular flexibility index (Phi) is 6.06. The van der Waals surface area contributed by atoms with Crippen LogP contribution >= 0.6 is 0 Å². The van der Waals surface area contributed by atoms with Crippen molar-refractivity contribution in [2.45, 2.75) is 25.0 Å². The first-order chi connectivity index (χ1) is 19.4. The normalized spacial score (nSPS) is 28.2. The molecule has 0 radical (unpaired) electrons. The summed E-state index contributed by atoms with van der Waals surface area (Å²) in [6.45, 7) is 2.07. The minimum absolute atomic E-state index is 0.110. The maximum absolute atomic E-state index is 15.4.